The molecular formula is C17H29FN4O. The van der Waals surface area contributed by atoms with Crippen LogP contribution in [0.25, 0.3) is 0 Å². The second-order valence-electron chi connectivity index (χ2n) is 5.52. The van der Waals surface area contributed by atoms with Crippen molar-refractivity contribution in [3.8, 4) is 0 Å². The van der Waals surface area contributed by atoms with Gasteiger partial charge in [-0.25, -0.2) is 4.39 Å². The van der Waals surface area contributed by atoms with Crippen LogP contribution in [0.3, 0.4) is 0 Å². The van der Waals surface area contributed by atoms with Gasteiger partial charge >= 0.3 is 0 Å². The average molecular weight is 324 g/mol. The standard InChI is InChI=1S/C17H29FN4O/c1-5-19-17(20-9-10-21(2)11-12-23-4)22(3)14-15-7-6-8-16(18)13-15/h6-8,13H,5,9-12,14H2,1-4H3,(H,19,20). The Kier molecular flexibility index (Phi) is 9.24. The van der Waals surface area contributed by atoms with Crippen LogP contribution < -0.4 is 5.32 Å². The number of methoxy groups -OCH3 is 1. The second kappa shape index (κ2) is 11.0. The van der Waals surface area contributed by atoms with Gasteiger partial charge in [0.15, 0.2) is 5.96 Å². The lowest BCUT2D eigenvalue weighted by Crippen LogP contribution is -2.39. The molecule has 1 aromatic carbocycles. The van der Waals surface area contributed by atoms with Crippen molar-refractivity contribution in [3.63, 3.8) is 0 Å². The van der Waals surface area contributed by atoms with Gasteiger partial charge in [-0.3, -0.25) is 4.99 Å². The lowest BCUT2D eigenvalue weighted by molar-refractivity contribution is 0.163. The Hall–Kier alpha value is -1.66. The van der Waals surface area contributed by atoms with E-state index in [1.54, 1.807) is 19.2 Å². The van der Waals surface area contributed by atoms with E-state index in [2.05, 4.69) is 22.3 Å². The maximum Gasteiger partial charge on any atom is 0.194 e. The van der Waals surface area contributed by atoms with Crippen molar-refractivity contribution in [2.45, 2.75) is 13.5 Å². The minimum atomic E-state index is -0.211. The van der Waals surface area contributed by atoms with Crippen molar-refractivity contribution in [1.82, 2.24) is 15.1 Å². The fraction of sp³-hybridized carbons (Fsp3) is 0.588. The molecule has 0 spiro atoms. The quantitative estimate of drug-likeness (QED) is 0.555. The minimum Gasteiger partial charge on any atom is -0.383 e. The molecule has 0 fully saturated rings. The summed E-state index contributed by atoms with van der Waals surface area (Å²) in [6, 6.07) is 6.66. The second-order valence-corrected chi connectivity index (χ2v) is 5.52. The first-order chi connectivity index (χ1) is 11.1. The highest BCUT2D eigenvalue weighted by Gasteiger charge is 2.07. The molecule has 0 bridgehead atoms. The number of guanidine groups is 1. The molecule has 0 heterocycles. The molecule has 0 unspecified atom stereocenters. The van der Waals surface area contributed by atoms with Gasteiger partial charge < -0.3 is 19.9 Å². The number of hydrogen-bond donors (Lipinski definition) is 1. The summed E-state index contributed by atoms with van der Waals surface area (Å²) in [6.45, 7) is 6.63. The number of ether oxygens (including phenoxy) is 1. The topological polar surface area (TPSA) is 40.1 Å². The average Bonchev–Trinajstić information content (AvgIpc) is 2.52. The Bertz CT molecular complexity index is 481. The van der Waals surface area contributed by atoms with E-state index >= 15 is 0 Å². The van der Waals surface area contributed by atoms with E-state index < -0.39 is 0 Å². The van der Waals surface area contributed by atoms with E-state index in [-0.39, 0.29) is 5.82 Å². The molecule has 6 heteroatoms. The van der Waals surface area contributed by atoms with Crippen LogP contribution in [0, 0.1) is 5.82 Å². The summed E-state index contributed by atoms with van der Waals surface area (Å²) in [5, 5.41) is 3.27. The monoisotopic (exact) mass is 324 g/mol. The van der Waals surface area contributed by atoms with Crippen LogP contribution in [0.2, 0.25) is 0 Å². The van der Waals surface area contributed by atoms with Gasteiger partial charge in [0.1, 0.15) is 5.82 Å². The highest BCUT2D eigenvalue weighted by atomic mass is 19.1. The van der Waals surface area contributed by atoms with Gasteiger partial charge in [-0.1, -0.05) is 12.1 Å². The van der Waals surface area contributed by atoms with Gasteiger partial charge in [0.05, 0.1) is 13.2 Å². The normalized spacial score (nSPS) is 11.8. The fourth-order valence-corrected chi connectivity index (χ4v) is 2.14. The highest BCUT2D eigenvalue weighted by molar-refractivity contribution is 5.79. The Morgan fingerprint density at radius 3 is 2.74 bits per heavy atom. The Morgan fingerprint density at radius 1 is 1.30 bits per heavy atom. The molecule has 0 amide bonds. The lowest BCUT2D eigenvalue weighted by atomic mass is 10.2. The largest absolute Gasteiger partial charge is 0.383 e. The molecule has 0 aliphatic carbocycles. The number of likely N-dealkylation sites (N-methyl/N-ethyl adjacent to an activating group) is 1. The van der Waals surface area contributed by atoms with Gasteiger partial charge in [-0.15, -0.1) is 0 Å². The van der Waals surface area contributed by atoms with Crippen LogP contribution >= 0.6 is 0 Å². The molecule has 0 aliphatic rings. The van der Waals surface area contributed by atoms with Crippen molar-refractivity contribution < 1.29 is 9.13 Å². The van der Waals surface area contributed by atoms with Crippen LogP contribution in [0.15, 0.2) is 29.3 Å². The van der Waals surface area contributed by atoms with E-state index in [1.807, 2.05) is 24.9 Å². The van der Waals surface area contributed by atoms with Gasteiger partial charge in [0, 0.05) is 40.3 Å². The molecule has 0 radical (unpaired) electrons. The summed E-state index contributed by atoms with van der Waals surface area (Å²) in [5.74, 6) is 0.620. The molecule has 1 rings (SSSR count). The molecule has 0 aromatic heterocycles. The molecule has 0 aliphatic heterocycles. The molecule has 130 valence electrons. The molecule has 1 aromatic rings. The van der Waals surface area contributed by atoms with E-state index in [4.69, 9.17) is 4.74 Å². The molecule has 1 N–H and O–H groups in total. The third-order valence-electron chi connectivity index (χ3n) is 3.43. The number of rotatable bonds is 9. The predicted octanol–water partition coefficient (Wildman–Crippen LogP) is 1.80. The first kappa shape index (κ1) is 19.4. The van der Waals surface area contributed by atoms with Crippen molar-refractivity contribution in [3.05, 3.63) is 35.6 Å². The third kappa shape index (κ3) is 7.95. The number of aliphatic imine (C=N–C) groups is 1. The smallest absolute Gasteiger partial charge is 0.194 e. The number of halogens is 1. The number of nitrogens with zero attached hydrogens (tertiary/aromatic N) is 3. The van der Waals surface area contributed by atoms with Gasteiger partial charge in [-0.05, 0) is 31.7 Å². The van der Waals surface area contributed by atoms with Gasteiger partial charge in [0.25, 0.3) is 0 Å². The third-order valence-corrected chi connectivity index (χ3v) is 3.43. The molecule has 5 nitrogen and oxygen atoms in total. The summed E-state index contributed by atoms with van der Waals surface area (Å²) in [4.78, 5) is 8.83. The van der Waals surface area contributed by atoms with Crippen LogP contribution in [-0.2, 0) is 11.3 Å². The summed E-state index contributed by atoms with van der Waals surface area (Å²) in [5.41, 5.74) is 0.926. The Morgan fingerprint density at radius 2 is 2.09 bits per heavy atom. The first-order valence-corrected chi connectivity index (χ1v) is 7.98. The summed E-state index contributed by atoms with van der Waals surface area (Å²) >= 11 is 0. The maximum absolute atomic E-state index is 13.3. The number of nitrogens with one attached hydrogen (secondary N) is 1. The predicted molar refractivity (Wildman–Crippen MR) is 93.2 cm³/mol. The molecule has 0 saturated heterocycles. The van der Waals surface area contributed by atoms with E-state index in [9.17, 15) is 4.39 Å². The van der Waals surface area contributed by atoms with Crippen LogP contribution in [0.4, 0.5) is 4.39 Å². The summed E-state index contributed by atoms with van der Waals surface area (Å²) in [6.07, 6.45) is 0. The summed E-state index contributed by atoms with van der Waals surface area (Å²) < 4.78 is 18.3. The number of benzene rings is 1. The van der Waals surface area contributed by atoms with Crippen molar-refractivity contribution in [2.75, 3.05) is 54.0 Å². The van der Waals surface area contributed by atoms with Gasteiger partial charge in [-0.2, -0.15) is 0 Å². The van der Waals surface area contributed by atoms with E-state index in [0.29, 0.717) is 13.1 Å². The zero-order chi connectivity index (χ0) is 17.1. The molecule has 0 atom stereocenters. The van der Waals surface area contributed by atoms with Crippen molar-refractivity contribution >= 4 is 5.96 Å². The number of hydrogen-bond acceptors (Lipinski definition) is 3. The van der Waals surface area contributed by atoms with Crippen molar-refractivity contribution in [2.24, 2.45) is 4.99 Å². The van der Waals surface area contributed by atoms with Crippen LogP contribution in [0.5, 0.6) is 0 Å². The fourth-order valence-electron chi connectivity index (χ4n) is 2.14. The first-order valence-electron chi connectivity index (χ1n) is 7.98. The minimum absolute atomic E-state index is 0.211. The Labute approximate surface area is 139 Å². The van der Waals surface area contributed by atoms with Gasteiger partial charge in [0.2, 0.25) is 0 Å². The zero-order valence-electron chi connectivity index (χ0n) is 14.7. The Balaban J connectivity index is 2.56. The van der Waals surface area contributed by atoms with Crippen LogP contribution in [0.1, 0.15) is 12.5 Å². The van der Waals surface area contributed by atoms with Crippen LogP contribution in [-0.4, -0.2) is 69.8 Å². The van der Waals surface area contributed by atoms with E-state index in [0.717, 1.165) is 37.8 Å². The lowest BCUT2D eigenvalue weighted by Gasteiger charge is -2.23. The maximum atomic E-state index is 13.3. The summed E-state index contributed by atoms with van der Waals surface area (Å²) in [7, 11) is 5.72. The molecule has 0 saturated carbocycles. The SMILES string of the molecule is CCNC(=NCCN(C)CCOC)N(C)Cc1cccc(F)c1. The molecular weight excluding hydrogens is 295 g/mol. The van der Waals surface area contributed by atoms with E-state index in [1.165, 1.54) is 6.07 Å². The molecule has 23 heavy (non-hydrogen) atoms. The highest BCUT2D eigenvalue weighted by Crippen LogP contribution is 2.06. The van der Waals surface area contributed by atoms with Crippen molar-refractivity contribution in [1.29, 1.82) is 0 Å². The zero-order valence-corrected chi connectivity index (χ0v) is 14.7.